The van der Waals surface area contributed by atoms with Gasteiger partial charge in [0.1, 0.15) is 0 Å². The monoisotopic (exact) mass is 286 g/mol. The Morgan fingerprint density at radius 2 is 1.95 bits per heavy atom. The van der Waals surface area contributed by atoms with Crippen LogP contribution < -0.4 is 0 Å². The first-order valence-corrected chi connectivity index (χ1v) is 7.68. The number of hydrogen-bond donors (Lipinski definition) is 0. The lowest BCUT2D eigenvalue weighted by molar-refractivity contribution is -0.142. The Bertz CT molecular complexity index is 539. The fourth-order valence-corrected chi connectivity index (χ4v) is 3.60. The second-order valence-electron chi connectivity index (χ2n) is 6.34. The van der Waals surface area contributed by atoms with Crippen molar-refractivity contribution in [2.45, 2.75) is 25.7 Å². The highest BCUT2D eigenvalue weighted by molar-refractivity contribution is 5.86. The van der Waals surface area contributed by atoms with Gasteiger partial charge in [-0.2, -0.15) is 0 Å². The van der Waals surface area contributed by atoms with E-state index in [0.717, 1.165) is 37.9 Å². The summed E-state index contributed by atoms with van der Waals surface area (Å²) in [6.45, 7) is 2.20. The lowest BCUT2D eigenvalue weighted by Crippen LogP contribution is -2.49. The number of carbonyl (C=O) groups is 2. The first-order valence-electron chi connectivity index (χ1n) is 7.68. The molecular formula is C17H22N2O2. The van der Waals surface area contributed by atoms with Crippen LogP contribution in [0.5, 0.6) is 0 Å². The normalized spacial score (nSPS) is 25.7. The van der Waals surface area contributed by atoms with Crippen molar-refractivity contribution in [1.82, 2.24) is 9.80 Å². The molecule has 0 unspecified atom stereocenters. The summed E-state index contributed by atoms with van der Waals surface area (Å²) in [5.41, 5.74) is 0.733. The van der Waals surface area contributed by atoms with Gasteiger partial charge in [0.15, 0.2) is 0 Å². The van der Waals surface area contributed by atoms with Gasteiger partial charge >= 0.3 is 0 Å². The molecule has 2 fully saturated rings. The van der Waals surface area contributed by atoms with Crippen LogP contribution in [0.15, 0.2) is 30.3 Å². The van der Waals surface area contributed by atoms with E-state index in [4.69, 9.17) is 0 Å². The number of hydrogen-bond acceptors (Lipinski definition) is 2. The second-order valence-corrected chi connectivity index (χ2v) is 6.34. The van der Waals surface area contributed by atoms with E-state index in [0.29, 0.717) is 13.0 Å². The molecule has 0 aliphatic carbocycles. The van der Waals surface area contributed by atoms with E-state index in [1.807, 2.05) is 47.2 Å². The van der Waals surface area contributed by atoms with Crippen molar-refractivity contribution in [2.24, 2.45) is 5.41 Å². The summed E-state index contributed by atoms with van der Waals surface area (Å²) < 4.78 is 0. The summed E-state index contributed by atoms with van der Waals surface area (Å²) in [7, 11) is 1.86. The maximum absolute atomic E-state index is 12.5. The van der Waals surface area contributed by atoms with E-state index in [1.54, 1.807) is 0 Å². The fraction of sp³-hybridized carbons (Fsp3) is 0.529. The minimum absolute atomic E-state index is 0.141. The Morgan fingerprint density at radius 3 is 2.62 bits per heavy atom. The van der Waals surface area contributed by atoms with E-state index < -0.39 is 0 Å². The van der Waals surface area contributed by atoms with Crippen molar-refractivity contribution in [3.63, 3.8) is 0 Å². The Balaban J connectivity index is 1.69. The molecule has 0 aromatic heterocycles. The molecular weight excluding hydrogens is 264 g/mol. The number of carbonyl (C=O) groups excluding carboxylic acids is 2. The second kappa shape index (κ2) is 5.51. The lowest BCUT2D eigenvalue weighted by Gasteiger charge is -2.39. The van der Waals surface area contributed by atoms with Crippen molar-refractivity contribution in [1.29, 1.82) is 0 Å². The summed E-state index contributed by atoms with van der Waals surface area (Å²) >= 11 is 0. The summed E-state index contributed by atoms with van der Waals surface area (Å²) in [4.78, 5) is 28.6. The molecule has 0 N–H and O–H groups in total. The number of nitrogens with zero attached hydrogens (tertiary/aromatic N) is 2. The Labute approximate surface area is 125 Å². The molecule has 1 spiro atoms. The SMILES string of the molecule is CN1CC[C@]2(CCCN(C(=O)Cc3ccccc3)C2)C1=O. The van der Waals surface area contributed by atoms with Gasteiger partial charge in [-0.25, -0.2) is 0 Å². The third-order valence-corrected chi connectivity index (χ3v) is 4.85. The third kappa shape index (κ3) is 2.67. The lowest BCUT2D eigenvalue weighted by atomic mass is 9.78. The molecule has 0 saturated carbocycles. The van der Waals surface area contributed by atoms with Crippen LogP contribution in [0.3, 0.4) is 0 Å². The van der Waals surface area contributed by atoms with Crippen LogP contribution in [0, 0.1) is 5.41 Å². The molecule has 0 bridgehead atoms. The summed E-state index contributed by atoms with van der Waals surface area (Å²) in [6, 6.07) is 9.82. The molecule has 112 valence electrons. The highest BCUT2D eigenvalue weighted by Crippen LogP contribution is 2.39. The van der Waals surface area contributed by atoms with Crippen molar-refractivity contribution >= 4 is 11.8 Å². The van der Waals surface area contributed by atoms with Gasteiger partial charge < -0.3 is 9.80 Å². The van der Waals surface area contributed by atoms with Crippen molar-refractivity contribution < 1.29 is 9.59 Å². The van der Waals surface area contributed by atoms with Gasteiger partial charge in [-0.05, 0) is 24.8 Å². The van der Waals surface area contributed by atoms with Crippen LogP contribution in [0.4, 0.5) is 0 Å². The van der Waals surface area contributed by atoms with E-state index in [1.165, 1.54) is 0 Å². The molecule has 2 amide bonds. The predicted molar refractivity (Wildman–Crippen MR) is 80.6 cm³/mol. The molecule has 2 heterocycles. The van der Waals surface area contributed by atoms with Crippen LogP contribution in [0.1, 0.15) is 24.8 Å². The molecule has 0 radical (unpaired) electrons. The molecule has 4 heteroatoms. The molecule has 1 aromatic rings. The van der Waals surface area contributed by atoms with Crippen molar-refractivity contribution in [3.8, 4) is 0 Å². The van der Waals surface area contributed by atoms with Gasteiger partial charge in [0.2, 0.25) is 11.8 Å². The van der Waals surface area contributed by atoms with Crippen LogP contribution in [-0.4, -0.2) is 48.3 Å². The van der Waals surface area contributed by atoms with Gasteiger partial charge in [0, 0.05) is 26.7 Å². The van der Waals surface area contributed by atoms with Gasteiger partial charge in [0.05, 0.1) is 11.8 Å². The molecule has 2 saturated heterocycles. The zero-order chi connectivity index (χ0) is 14.9. The summed E-state index contributed by atoms with van der Waals surface area (Å²) in [5.74, 6) is 0.363. The van der Waals surface area contributed by atoms with Crippen LogP contribution in [0.25, 0.3) is 0 Å². The van der Waals surface area contributed by atoms with E-state index in [-0.39, 0.29) is 17.2 Å². The number of amides is 2. The number of rotatable bonds is 2. The minimum atomic E-state index is -0.306. The highest BCUT2D eigenvalue weighted by Gasteiger charge is 2.48. The molecule has 21 heavy (non-hydrogen) atoms. The predicted octanol–water partition coefficient (Wildman–Crippen LogP) is 1.70. The van der Waals surface area contributed by atoms with Gasteiger partial charge in [-0.3, -0.25) is 9.59 Å². The van der Waals surface area contributed by atoms with E-state index >= 15 is 0 Å². The Hall–Kier alpha value is -1.84. The van der Waals surface area contributed by atoms with Gasteiger partial charge in [-0.1, -0.05) is 30.3 Å². The summed E-state index contributed by atoms with van der Waals surface area (Å²) in [6.07, 6.45) is 3.17. The molecule has 2 aliphatic heterocycles. The van der Waals surface area contributed by atoms with Gasteiger partial charge in [0.25, 0.3) is 0 Å². The van der Waals surface area contributed by atoms with Crippen LogP contribution in [-0.2, 0) is 16.0 Å². The largest absolute Gasteiger partial charge is 0.345 e. The third-order valence-electron chi connectivity index (χ3n) is 4.85. The van der Waals surface area contributed by atoms with Crippen LogP contribution >= 0.6 is 0 Å². The standard InChI is InChI=1S/C17H22N2O2/c1-18-11-9-17(16(18)21)8-5-10-19(13-17)15(20)12-14-6-3-2-4-7-14/h2-4,6-7H,5,8-13H2,1H3/t17-/m0/s1. The average molecular weight is 286 g/mol. The maximum Gasteiger partial charge on any atom is 0.230 e. The van der Waals surface area contributed by atoms with Crippen molar-refractivity contribution in [3.05, 3.63) is 35.9 Å². The topological polar surface area (TPSA) is 40.6 Å². The summed E-state index contributed by atoms with van der Waals surface area (Å²) in [5, 5.41) is 0. The van der Waals surface area contributed by atoms with Crippen molar-refractivity contribution in [2.75, 3.05) is 26.7 Å². The fourth-order valence-electron chi connectivity index (χ4n) is 3.60. The highest BCUT2D eigenvalue weighted by atomic mass is 16.2. The molecule has 1 aromatic carbocycles. The quantitative estimate of drug-likeness (QED) is 0.830. The number of benzene rings is 1. The smallest absolute Gasteiger partial charge is 0.230 e. The molecule has 2 aliphatic rings. The van der Waals surface area contributed by atoms with Crippen LogP contribution in [0.2, 0.25) is 0 Å². The number of likely N-dealkylation sites (tertiary alicyclic amines) is 2. The van der Waals surface area contributed by atoms with E-state index in [9.17, 15) is 9.59 Å². The Kier molecular flexibility index (Phi) is 3.70. The molecule has 3 rings (SSSR count). The Morgan fingerprint density at radius 1 is 1.19 bits per heavy atom. The zero-order valence-electron chi connectivity index (χ0n) is 12.5. The van der Waals surface area contributed by atoms with E-state index in [2.05, 4.69) is 0 Å². The molecule has 1 atom stereocenters. The first kappa shape index (κ1) is 14.1. The van der Waals surface area contributed by atoms with Gasteiger partial charge in [-0.15, -0.1) is 0 Å². The zero-order valence-corrected chi connectivity index (χ0v) is 12.5. The maximum atomic E-state index is 12.5. The average Bonchev–Trinajstić information content (AvgIpc) is 2.77. The first-order chi connectivity index (χ1) is 10.1. The number of piperidine rings is 1. The molecule has 4 nitrogen and oxygen atoms in total. The minimum Gasteiger partial charge on any atom is -0.345 e.